The number of nitro groups is 1. The summed E-state index contributed by atoms with van der Waals surface area (Å²) in [7, 11) is 0. The minimum Gasteiger partial charge on any atom is -0.349 e. The molecule has 19 heavy (non-hydrogen) atoms. The Balaban J connectivity index is 1.83. The normalized spacial score (nSPS) is 23.4. The first-order valence-electron chi connectivity index (χ1n) is 6.76. The largest absolute Gasteiger partial charge is 0.349 e. The Bertz CT molecular complexity index is 501. The second kappa shape index (κ2) is 4.77. The van der Waals surface area contributed by atoms with Gasteiger partial charge in [-0.3, -0.25) is 15.0 Å². The van der Waals surface area contributed by atoms with Crippen LogP contribution in [0.15, 0.2) is 12.3 Å². The molecule has 1 aromatic heterocycles. The molecule has 6 nitrogen and oxygen atoms in total. The van der Waals surface area contributed by atoms with E-state index in [1.807, 2.05) is 0 Å². The summed E-state index contributed by atoms with van der Waals surface area (Å²) in [5, 5.41) is 11.2. The number of likely N-dealkylation sites (tertiary alicyclic amines) is 1. The molecule has 0 aromatic carbocycles. The SMILES string of the molecule is Cc1ccnc(N2CCC(N3CCC3)C2)c1[N+](=O)[O-]. The van der Waals surface area contributed by atoms with Gasteiger partial charge in [-0.2, -0.15) is 0 Å². The molecule has 1 atom stereocenters. The van der Waals surface area contributed by atoms with Crippen LogP contribution >= 0.6 is 0 Å². The third kappa shape index (κ3) is 2.16. The van der Waals surface area contributed by atoms with Crippen molar-refractivity contribution in [3.8, 4) is 0 Å². The van der Waals surface area contributed by atoms with Gasteiger partial charge in [0.15, 0.2) is 0 Å². The van der Waals surface area contributed by atoms with Crippen LogP contribution < -0.4 is 4.90 Å². The van der Waals surface area contributed by atoms with Crippen LogP contribution in [0.3, 0.4) is 0 Å². The van der Waals surface area contributed by atoms with Gasteiger partial charge in [-0.05, 0) is 38.9 Å². The van der Waals surface area contributed by atoms with E-state index in [9.17, 15) is 10.1 Å². The van der Waals surface area contributed by atoms with Gasteiger partial charge in [0.25, 0.3) is 0 Å². The molecule has 0 aliphatic carbocycles. The molecule has 2 aliphatic heterocycles. The van der Waals surface area contributed by atoms with E-state index in [2.05, 4.69) is 14.8 Å². The number of anilines is 1. The lowest BCUT2D eigenvalue weighted by atomic mass is 10.1. The van der Waals surface area contributed by atoms with E-state index in [4.69, 9.17) is 0 Å². The minimum absolute atomic E-state index is 0.159. The molecule has 2 saturated heterocycles. The van der Waals surface area contributed by atoms with Gasteiger partial charge in [0, 0.05) is 30.9 Å². The van der Waals surface area contributed by atoms with E-state index >= 15 is 0 Å². The number of rotatable bonds is 3. The zero-order valence-electron chi connectivity index (χ0n) is 11.1. The molecular weight excluding hydrogens is 244 g/mol. The molecule has 3 rings (SSSR count). The summed E-state index contributed by atoms with van der Waals surface area (Å²) >= 11 is 0. The molecule has 2 aliphatic rings. The number of aryl methyl sites for hydroxylation is 1. The van der Waals surface area contributed by atoms with Crippen molar-refractivity contribution < 1.29 is 4.92 Å². The van der Waals surface area contributed by atoms with Crippen molar-refractivity contribution in [2.75, 3.05) is 31.1 Å². The van der Waals surface area contributed by atoms with Crippen LogP contribution in [0.25, 0.3) is 0 Å². The van der Waals surface area contributed by atoms with Crippen LogP contribution in [-0.2, 0) is 0 Å². The molecular formula is C13H18N4O2. The highest BCUT2D eigenvalue weighted by atomic mass is 16.6. The number of hydrogen-bond donors (Lipinski definition) is 0. The Kier molecular flexibility index (Phi) is 3.10. The zero-order valence-corrected chi connectivity index (χ0v) is 11.1. The summed E-state index contributed by atoms with van der Waals surface area (Å²) < 4.78 is 0. The van der Waals surface area contributed by atoms with Gasteiger partial charge in [0.1, 0.15) is 0 Å². The molecule has 0 bridgehead atoms. The van der Waals surface area contributed by atoms with Crippen LogP contribution in [0.1, 0.15) is 18.4 Å². The van der Waals surface area contributed by atoms with E-state index in [1.165, 1.54) is 19.5 Å². The average Bonchev–Trinajstić information content (AvgIpc) is 2.75. The first-order valence-corrected chi connectivity index (χ1v) is 6.76. The lowest BCUT2D eigenvalue weighted by Gasteiger charge is -2.36. The Morgan fingerprint density at radius 1 is 1.42 bits per heavy atom. The number of hydrogen-bond acceptors (Lipinski definition) is 5. The predicted octanol–water partition coefficient (Wildman–Crippen LogP) is 1.58. The summed E-state index contributed by atoms with van der Waals surface area (Å²) in [5.74, 6) is 0.535. The van der Waals surface area contributed by atoms with E-state index < -0.39 is 0 Å². The topological polar surface area (TPSA) is 62.5 Å². The van der Waals surface area contributed by atoms with E-state index in [1.54, 1.807) is 19.2 Å². The van der Waals surface area contributed by atoms with Gasteiger partial charge in [-0.25, -0.2) is 4.98 Å². The summed E-state index contributed by atoms with van der Waals surface area (Å²) in [6.07, 6.45) is 4.01. The minimum atomic E-state index is -0.311. The monoisotopic (exact) mass is 262 g/mol. The predicted molar refractivity (Wildman–Crippen MR) is 72.4 cm³/mol. The summed E-state index contributed by atoms with van der Waals surface area (Å²) in [4.78, 5) is 19.7. The van der Waals surface area contributed by atoms with E-state index in [0.29, 0.717) is 17.4 Å². The molecule has 1 aromatic rings. The quantitative estimate of drug-likeness (QED) is 0.611. The highest BCUT2D eigenvalue weighted by molar-refractivity contribution is 5.62. The fourth-order valence-corrected chi connectivity index (χ4v) is 2.93. The lowest BCUT2D eigenvalue weighted by Crippen LogP contribution is -2.46. The van der Waals surface area contributed by atoms with Gasteiger partial charge >= 0.3 is 5.69 Å². The third-order valence-corrected chi connectivity index (χ3v) is 4.16. The highest BCUT2D eigenvalue weighted by Gasteiger charge is 2.34. The van der Waals surface area contributed by atoms with Gasteiger partial charge in [-0.1, -0.05) is 0 Å². The molecule has 0 spiro atoms. The van der Waals surface area contributed by atoms with Crippen molar-refractivity contribution in [2.24, 2.45) is 0 Å². The summed E-state index contributed by atoms with van der Waals surface area (Å²) in [6.45, 7) is 5.83. The van der Waals surface area contributed by atoms with Crippen molar-refractivity contribution in [2.45, 2.75) is 25.8 Å². The molecule has 0 radical (unpaired) electrons. The van der Waals surface area contributed by atoms with Crippen molar-refractivity contribution in [1.82, 2.24) is 9.88 Å². The van der Waals surface area contributed by atoms with Crippen molar-refractivity contribution in [1.29, 1.82) is 0 Å². The molecule has 6 heteroatoms. The van der Waals surface area contributed by atoms with E-state index in [0.717, 1.165) is 19.5 Å². The Labute approximate surface area is 112 Å². The van der Waals surface area contributed by atoms with Crippen LogP contribution in [0.4, 0.5) is 11.5 Å². The number of aromatic nitrogens is 1. The van der Waals surface area contributed by atoms with Gasteiger partial charge in [-0.15, -0.1) is 0 Å². The maximum Gasteiger partial charge on any atom is 0.314 e. The number of pyridine rings is 1. The van der Waals surface area contributed by atoms with Gasteiger partial charge in [0.2, 0.25) is 5.82 Å². The molecule has 0 amide bonds. The van der Waals surface area contributed by atoms with Crippen LogP contribution in [-0.4, -0.2) is 47.0 Å². The van der Waals surface area contributed by atoms with Crippen LogP contribution in [0.2, 0.25) is 0 Å². The average molecular weight is 262 g/mol. The summed E-state index contributed by atoms with van der Waals surface area (Å²) in [6, 6.07) is 2.24. The van der Waals surface area contributed by atoms with Crippen LogP contribution in [0.5, 0.6) is 0 Å². The molecule has 102 valence electrons. The molecule has 3 heterocycles. The second-order valence-electron chi connectivity index (χ2n) is 5.34. The zero-order chi connectivity index (χ0) is 13.4. The van der Waals surface area contributed by atoms with Gasteiger partial charge < -0.3 is 4.90 Å². The smallest absolute Gasteiger partial charge is 0.314 e. The first-order chi connectivity index (χ1) is 9.16. The van der Waals surface area contributed by atoms with Crippen molar-refractivity contribution in [3.05, 3.63) is 27.9 Å². The third-order valence-electron chi connectivity index (χ3n) is 4.16. The molecule has 0 N–H and O–H groups in total. The molecule has 2 fully saturated rings. The summed E-state index contributed by atoms with van der Waals surface area (Å²) in [5.41, 5.74) is 0.842. The highest BCUT2D eigenvalue weighted by Crippen LogP contribution is 2.32. The van der Waals surface area contributed by atoms with Crippen molar-refractivity contribution >= 4 is 11.5 Å². The first kappa shape index (κ1) is 12.3. The van der Waals surface area contributed by atoms with Crippen molar-refractivity contribution in [3.63, 3.8) is 0 Å². The second-order valence-corrected chi connectivity index (χ2v) is 5.34. The standard InChI is InChI=1S/C13H18N4O2/c1-10-3-5-14-13(12(10)17(18)19)16-8-4-11(9-16)15-6-2-7-15/h3,5,11H,2,4,6-9H2,1H3. The fraction of sp³-hybridized carbons (Fsp3) is 0.615. The fourth-order valence-electron chi connectivity index (χ4n) is 2.93. The molecule has 0 saturated carbocycles. The molecule has 1 unspecified atom stereocenters. The Morgan fingerprint density at radius 3 is 2.84 bits per heavy atom. The maximum atomic E-state index is 11.2. The number of nitrogens with zero attached hydrogens (tertiary/aromatic N) is 4. The van der Waals surface area contributed by atoms with E-state index in [-0.39, 0.29) is 10.6 Å². The van der Waals surface area contributed by atoms with Gasteiger partial charge in [0.05, 0.1) is 4.92 Å². The Hall–Kier alpha value is -1.69. The van der Waals surface area contributed by atoms with Crippen LogP contribution in [0, 0.1) is 17.0 Å². The maximum absolute atomic E-state index is 11.2. The lowest BCUT2D eigenvalue weighted by molar-refractivity contribution is -0.384. The Morgan fingerprint density at radius 2 is 2.21 bits per heavy atom.